The van der Waals surface area contributed by atoms with Crippen LogP contribution < -0.4 is 5.73 Å². The van der Waals surface area contributed by atoms with E-state index in [-0.39, 0.29) is 12.8 Å². The van der Waals surface area contributed by atoms with Gasteiger partial charge in [-0.2, -0.15) is 0 Å². The van der Waals surface area contributed by atoms with Crippen molar-refractivity contribution in [2.24, 2.45) is 5.73 Å². The highest BCUT2D eigenvalue weighted by molar-refractivity contribution is 7.96. The van der Waals surface area contributed by atoms with Gasteiger partial charge in [0, 0.05) is 6.42 Å². The van der Waals surface area contributed by atoms with Gasteiger partial charge in [-0.15, -0.1) is 12.6 Å². The van der Waals surface area contributed by atoms with Crippen molar-refractivity contribution < 1.29 is 14.7 Å². The van der Waals surface area contributed by atoms with Crippen molar-refractivity contribution in [3.63, 3.8) is 0 Å². The SMILES string of the molecule is N[C@@H](CCC(=O)O)C(=O)S. The van der Waals surface area contributed by atoms with Gasteiger partial charge in [-0.3, -0.25) is 9.59 Å². The second-order valence-corrected chi connectivity index (χ2v) is 2.32. The normalized spacial score (nSPS) is 12.6. The van der Waals surface area contributed by atoms with E-state index < -0.39 is 17.1 Å². The second-order valence-electron chi connectivity index (χ2n) is 1.88. The minimum Gasteiger partial charge on any atom is -0.481 e. The van der Waals surface area contributed by atoms with Crippen molar-refractivity contribution in [3.05, 3.63) is 0 Å². The summed E-state index contributed by atoms with van der Waals surface area (Å²) in [6.45, 7) is 0. The molecule has 0 saturated heterocycles. The van der Waals surface area contributed by atoms with E-state index in [9.17, 15) is 9.59 Å². The van der Waals surface area contributed by atoms with Gasteiger partial charge in [-0.1, -0.05) is 0 Å². The largest absolute Gasteiger partial charge is 0.481 e. The summed E-state index contributed by atoms with van der Waals surface area (Å²) in [4.78, 5) is 20.2. The lowest BCUT2D eigenvalue weighted by atomic mass is 10.2. The van der Waals surface area contributed by atoms with Gasteiger partial charge in [-0.25, -0.2) is 0 Å². The first-order chi connectivity index (χ1) is 4.54. The first kappa shape index (κ1) is 9.45. The average molecular weight is 163 g/mol. The van der Waals surface area contributed by atoms with Gasteiger partial charge in [0.15, 0.2) is 0 Å². The third-order valence-corrected chi connectivity index (χ3v) is 1.32. The molecule has 0 unspecified atom stereocenters. The Labute approximate surface area is 63.8 Å². The Morgan fingerprint density at radius 1 is 1.60 bits per heavy atom. The number of carboxylic acids is 1. The number of aliphatic carboxylic acids is 1. The van der Waals surface area contributed by atoms with E-state index in [1.54, 1.807) is 0 Å². The molecule has 58 valence electrons. The summed E-state index contributed by atoms with van der Waals surface area (Å²) in [5, 5.41) is 7.68. The molecule has 0 aliphatic carbocycles. The maximum absolute atomic E-state index is 10.3. The van der Waals surface area contributed by atoms with Crippen molar-refractivity contribution in [2.75, 3.05) is 0 Å². The molecule has 0 saturated carbocycles. The van der Waals surface area contributed by atoms with Crippen molar-refractivity contribution >= 4 is 23.7 Å². The monoisotopic (exact) mass is 163 g/mol. The fourth-order valence-electron chi connectivity index (χ4n) is 0.402. The fraction of sp³-hybridized carbons (Fsp3) is 0.600. The quantitative estimate of drug-likeness (QED) is 0.494. The molecule has 0 rings (SSSR count). The molecule has 0 aromatic carbocycles. The first-order valence-electron chi connectivity index (χ1n) is 2.74. The fourth-order valence-corrected chi connectivity index (χ4v) is 0.532. The van der Waals surface area contributed by atoms with Crippen LogP contribution in [0.3, 0.4) is 0 Å². The lowest BCUT2D eigenvalue weighted by Crippen LogP contribution is -2.27. The van der Waals surface area contributed by atoms with Crippen LogP contribution in [-0.4, -0.2) is 22.2 Å². The van der Waals surface area contributed by atoms with Crippen molar-refractivity contribution in [1.82, 2.24) is 0 Å². The topological polar surface area (TPSA) is 80.4 Å². The van der Waals surface area contributed by atoms with Gasteiger partial charge in [0.2, 0.25) is 5.12 Å². The van der Waals surface area contributed by atoms with Crippen LogP contribution >= 0.6 is 12.6 Å². The lowest BCUT2D eigenvalue weighted by Gasteiger charge is -2.02. The zero-order valence-electron chi connectivity index (χ0n) is 5.28. The number of rotatable bonds is 4. The minimum atomic E-state index is -0.954. The molecule has 3 N–H and O–H groups in total. The van der Waals surface area contributed by atoms with Crippen LogP contribution in [0.5, 0.6) is 0 Å². The number of carbonyl (C=O) groups is 2. The van der Waals surface area contributed by atoms with Crippen molar-refractivity contribution in [3.8, 4) is 0 Å². The van der Waals surface area contributed by atoms with E-state index in [0.717, 1.165) is 0 Å². The number of thiol groups is 1. The van der Waals surface area contributed by atoms with Crippen molar-refractivity contribution in [2.45, 2.75) is 18.9 Å². The van der Waals surface area contributed by atoms with E-state index >= 15 is 0 Å². The standard InChI is InChI=1S/C5H9NO3S/c6-3(5(9)10)1-2-4(7)8/h3H,1-2,6H2,(H,7,8)(H,9,10)/t3-/m0/s1. The summed E-state index contributed by atoms with van der Waals surface area (Å²) in [6, 6.07) is -0.751. The van der Waals surface area contributed by atoms with Crippen LogP contribution in [-0.2, 0) is 9.59 Å². The molecule has 0 aliphatic heterocycles. The molecule has 0 aromatic rings. The maximum Gasteiger partial charge on any atom is 0.303 e. The minimum absolute atomic E-state index is 0.0898. The highest BCUT2D eigenvalue weighted by Gasteiger charge is 2.10. The maximum atomic E-state index is 10.3. The van der Waals surface area contributed by atoms with E-state index in [1.807, 2.05) is 0 Å². The van der Waals surface area contributed by atoms with Gasteiger partial charge >= 0.3 is 5.97 Å². The first-order valence-corrected chi connectivity index (χ1v) is 3.19. The zero-order chi connectivity index (χ0) is 8.15. The van der Waals surface area contributed by atoms with Crippen molar-refractivity contribution in [1.29, 1.82) is 0 Å². The van der Waals surface area contributed by atoms with E-state index in [4.69, 9.17) is 10.8 Å². The predicted molar refractivity (Wildman–Crippen MR) is 38.8 cm³/mol. The summed E-state index contributed by atoms with van der Waals surface area (Å²) in [5.41, 5.74) is 5.18. The van der Waals surface area contributed by atoms with Gasteiger partial charge in [0.05, 0.1) is 6.04 Å². The Hall–Kier alpha value is -0.550. The highest BCUT2D eigenvalue weighted by atomic mass is 32.1. The van der Waals surface area contributed by atoms with Gasteiger partial charge < -0.3 is 10.8 Å². The predicted octanol–water partition coefficient (Wildman–Crippen LogP) is -0.365. The zero-order valence-corrected chi connectivity index (χ0v) is 6.17. The lowest BCUT2D eigenvalue weighted by molar-refractivity contribution is -0.137. The van der Waals surface area contributed by atoms with Crippen LogP contribution in [0.4, 0.5) is 0 Å². The summed E-state index contributed by atoms with van der Waals surface area (Å²) in [5.74, 6) is -0.954. The molecule has 1 atom stereocenters. The van der Waals surface area contributed by atoms with Crippen LogP contribution in [0.1, 0.15) is 12.8 Å². The number of hydrogen-bond donors (Lipinski definition) is 3. The molecule has 0 spiro atoms. The molecular formula is C5H9NO3S. The molecule has 0 radical (unpaired) electrons. The molecule has 10 heavy (non-hydrogen) atoms. The smallest absolute Gasteiger partial charge is 0.303 e. The Balaban J connectivity index is 3.49. The third-order valence-electron chi connectivity index (χ3n) is 0.986. The molecule has 0 aliphatic rings. The average Bonchev–Trinajstić information content (AvgIpc) is 1.82. The van der Waals surface area contributed by atoms with Crippen LogP contribution in [0, 0.1) is 0 Å². The van der Waals surface area contributed by atoms with E-state index in [1.165, 1.54) is 0 Å². The summed E-state index contributed by atoms with van der Waals surface area (Å²) in [6.07, 6.45) is 0.0606. The second kappa shape index (κ2) is 4.29. The Morgan fingerprint density at radius 2 is 2.10 bits per heavy atom. The van der Waals surface area contributed by atoms with Gasteiger partial charge in [0.1, 0.15) is 0 Å². The molecular weight excluding hydrogens is 154 g/mol. The molecule has 5 heteroatoms. The van der Waals surface area contributed by atoms with Gasteiger partial charge in [0.25, 0.3) is 0 Å². The van der Waals surface area contributed by atoms with Crippen LogP contribution in [0.25, 0.3) is 0 Å². The van der Waals surface area contributed by atoms with Gasteiger partial charge in [-0.05, 0) is 6.42 Å². The number of carboxylic acid groups (broad SMARTS) is 1. The number of carbonyl (C=O) groups excluding carboxylic acids is 1. The molecule has 0 heterocycles. The summed E-state index contributed by atoms with van der Waals surface area (Å²) >= 11 is 3.44. The summed E-state index contributed by atoms with van der Waals surface area (Å²) in [7, 11) is 0. The van der Waals surface area contributed by atoms with Crippen LogP contribution in [0.2, 0.25) is 0 Å². The van der Waals surface area contributed by atoms with E-state index in [0.29, 0.717) is 0 Å². The Morgan fingerprint density at radius 3 is 2.40 bits per heavy atom. The van der Waals surface area contributed by atoms with E-state index in [2.05, 4.69) is 12.6 Å². The van der Waals surface area contributed by atoms with Crippen LogP contribution in [0.15, 0.2) is 0 Å². The number of hydrogen-bond acceptors (Lipinski definition) is 3. The molecule has 4 nitrogen and oxygen atoms in total. The third kappa shape index (κ3) is 4.34. The molecule has 0 bridgehead atoms. The molecule has 0 aromatic heterocycles. The summed E-state index contributed by atoms with van der Waals surface area (Å²) < 4.78 is 0. The Bertz CT molecular complexity index is 148. The number of nitrogens with two attached hydrogens (primary N) is 1. The molecule has 0 fully saturated rings. The highest BCUT2D eigenvalue weighted by Crippen LogP contribution is 1.97. The molecule has 0 amide bonds. The Kier molecular flexibility index (Phi) is 4.06.